The number of rotatable bonds is 3. The van der Waals surface area contributed by atoms with E-state index in [9.17, 15) is 8.42 Å². The normalized spacial score (nSPS) is 14.0. The van der Waals surface area contributed by atoms with Crippen LogP contribution in [0.5, 0.6) is 0 Å². The molecule has 0 fully saturated rings. The Morgan fingerprint density at radius 2 is 1.86 bits per heavy atom. The Balaban J connectivity index is 1.93. The highest BCUT2D eigenvalue weighted by atomic mass is 79.9. The zero-order chi connectivity index (χ0) is 15.0. The fourth-order valence-electron chi connectivity index (χ4n) is 2.34. The second kappa shape index (κ2) is 5.44. The van der Waals surface area contributed by atoms with Gasteiger partial charge in [0.15, 0.2) is 0 Å². The van der Waals surface area contributed by atoms with E-state index in [1.165, 1.54) is 0 Å². The van der Waals surface area contributed by atoms with Crippen LogP contribution in [0.25, 0.3) is 0 Å². The molecule has 0 atom stereocenters. The Labute approximate surface area is 132 Å². The van der Waals surface area contributed by atoms with Crippen LogP contribution >= 0.6 is 15.9 Å². The predicted octanol–water partition coefficient (Wildman–Crippen LogP) is 3.16. The van der Waals surface area contributed by atoms with Gasteiger partial charge in [0.1, 0.15) is 0 Å². The van der Waals surface area contributed by atoms with Crippen molar-refractivity contribution in [2.75, 3.05) is 4.72 Å². The molecule has 0 spiro atoms. The van der Waals surface area contributed by atoms with E-state index in [1.807, 2.05) is 25.1 Å². The number of anilines is 1. The van der Waals surface area contributed by atoms with Gasteiger partial charge >= 0.3 is 0 Å². The minimum atomic E-state index is -3.58. The molecular weight excluding hydrogens is 352 g/mol. The number of sulfonamides is 1. The lowest BCUT2D eigenvalue weighted by atomic mass is 10.1. The van der Waals surface area contributed by atoms with Gasteiger partial charge in [0.2, 0.25) is 0 Å². The van der Waals surface area contributed by atoms with E-state index in [0.717, 1.165) is 27.7 Å². The summed E-state index contributed by atoms with van der Waals surface area (Å²) in [5.41, 5.74) is 3.80. The molecule has 1 heterocycles. The number of fused-ring (bicyclic) bond motifs is 1. The molecule has 0 bridgehead atoms. The molecule has 110 valence electrons. The minimum Gasteiger partial charge on any atom is -0.309 e. The second-order valence-electron chi connectivity index (χ2n) is 5.12. The molecule has 6 heteroatoms. The maximum Gasteiger partial charge on any atom is 0.261 e. The summed E-state index contributed by atoms with van der Waals surface area (Å²) in [5.74, 6) is 0. The van der Waals surface area contributed by atoms with Crippen molar-refractivity contribution in [2.45, 2.75) is 24.9 Å². The summed E-state index contributed by atoms with van der Waals surface area (Å²) in [6.07, 6.45) is 0. The number of hydrogen-bond acceptors (Lipinski definition) is 3. The first kappa shape index (κ1) is 14.6. The number of hydrogen-bond donors (Lipinski definition) is 2. The zero-order valence-corrected chi connectivity index (χ0v) is 13.9. The highest BCUT2D eigenvalue weighted by Gasteiger charge is 2.19. The van der Waals surface area contributed by atoms with Crippen LogP contribution in [0.1, 0.15) is 16.7 Å². The van der Waals surface area contributed by atoms with E-state index in [1.54, 1.807) is 18.2 Å². The first-order valence-corrected chi connectivity index (χ1v) is 8.85. The van der Waals surface area contributed by atoms with Gasteiger partial charge in [-0.3, -0.25) is 4.72 Å². The van der Waals surface area contributed by atoms with Crippen LogP contribution in [-0.2, 0) is 23.1 Å². The Bertz CT molecular complexity index is 803. The van der Waals surface area contributed by atoms with E-state index in [0.29, 0.717) is 12.2 Å². The Hall–Kier alpha value is -1.37. The molecule has 0 radical (unpaired) electrons. The van der Waals surface area contributed by atoms with Crippen molar-refractivity contribution in [1.82, 2.24) is 5.32 Å². The lowest BCUT2D eigenvalue weighted by Gasteiger charge is -2.11. The van der Waals surface area contributed by atoms with Gasteiger partial charge in [-0.05, 0) is 63.8 Å². The highest BCUT2D eigenvalue weighted by Crippen LogP contribution is 2.27. The van der Waals surface area contributed by atoms with Crippen LogP contribution in [-0.4, -0.2) is 8.42 Å². The highest BCUT2D eigenvalue weighted by molar-refractivity contribution is 9.10. The number of benzene rings is 2. The van der Waals surface area contributed by atoms with E-state index in [-0.39, 0.29) is 4.90 Å². The van der Waals surface area contributed by atoms with Crippen LogP contribution in [0.3, 0.4) is 0 Å². The molecule has 2 N–H and O–H groups in total. The van der Waals surface area contributed by atoms with E-state index in [2.05, 4.69) is 26.0 Å². The van der Waals surface area contributed by atoms with Crippen LogP contribution in [0.4, 0.5) is 5.69 Å². The molecule has 0 unspecified atom stereocenters. The molecule has 1 aliphatic heterocycles. The molecule has 0 saturated carbocycles. The lowest BCUT2D eigenvalue weighted by Crippen LogP contribution is -2.13. The molecule has 0 aromatic heterocycles. The second-order valence-corrected chi connectivity index (χ2v) is 7.66. The topological polar surface area (TPSA) is 58.2 Å². The van der Waals surface area contributed by atoms with E-state index in [4.69, 9.17) is 0 Å². The van der Waals surface area contributed by atoms with E-state index >= 15 is 0 Å². The van der Waals surface area contributed by atoms with Gasteiger partial charge in [0, 0.05) is 17.6 Å². The van der Waals surface area contributed by atoms with Crippen LogP contribution in [0, 0.1) is 6.92 Å². The van der Waals surface area contributed by atoms with Gasteiger partial charge in [-0.2, -0.15) is 0 Å². The summed E-state index contributed by atoms with van der Waals surface area (Å²) in [6, 6.07) is 10.8. The average molecular weight is 367 g/mol. The Kier molecular flexibility index (Phi) is 3.77. The summed E-state index contributed by atoms with van der Waals surface area (Å²) in [4.78, 5) is 0.289. The Morgan fingerprint density at radius 3 is 2.62 bits per heavy atom. The molecule has 21 heavy (non-hydrogen) atoms. The first-order chi connectivity index (χ1) is 9.95. The van der Waals surface area contributed by atoms with Crippen molar-refractivity contribution in [1.29, 1.82) is 0 Å². The van der Waals surface area contributed by atoms with Crippen molar-refractivity contribution in [2.24, 2.45) is 0 Å². The standard InChI is InChI=1S/C15H15BrN2O2S/c1-10-2-5-15(14(16)6-10)18-21(19,20)13-4-3-11-8-17-9-12(11)7-13/h2-7,17-18H,8-9H2,1H3. The van der Waals surface area contributed by atoms with Gasteiger partial charge in [-0.15, -0.1) is 0 Å². The van der Waals surface area contributed by atoms with Gasteiger partial charge in [-0.25, -0.2) is 8.42 Å². The molecule has 3 rings (SSSR count). The summed E-state index contributed by atoms with van der Waals surface area (Å²) < 4.78 is 28.3. The van der Waals surface area contributed by atoms with E-state index < -0.39 is 10.0 Å². The monoisotopic (exact) mass is 366 g/mol. The van der Waals surface area contributed by atoms with Crippen molar-refractivity contribution in [3.8, 4) is 0 Å². The molecular formula is C15H15BrN2O2S. The maximum atomic E-state index is 12.5. The van der Waals surface area contributed by atoms with Crippen LogP contribution in [0.15, 0.2) is 45.8 Å². The van der Waals surface area contributed by atoms with Crippen LogP contribution in [0.2, 0.25) is 0 Å². The summed E-state index contributed by atoms with van der Waals surface area (Å²) in [5, 5.41) is 3.21. The maximum absolute atomic E-state index is 12.5. The summed E-state index contributed by atoms with van der Waals surface area (Å²) in [7, 11) is -3.58. The molecule has 2 aromatic rings. The predicted molar refractivity (Wildman–Crippen MR) is 86.7 cm³/mol. The van der Waals surface area contributed by atoms with Crippen LogP contribution < -0.4 is 10.0 Å². The molecule has 0 amide bonds. The van der Waals surface area contributed by atoms with Gasteiger partial charge < -0.3 is 5.32 Å². The van der Waals surface area contributed by atoms with Crippen molar-refractivity contribution in [3.05, 3.63) is 57.6 Å². The van der Waals surface area contributed by atoms with Crippen molar-refractivity contribution < 1.29 is 8.42 Å². The number of aryl methyl sites for hydroxylation is 1. The van der Waals surface area contributed by atoms with Gasteiger partial charge in [-0.1, -0.05) is 12.1 Å². The Morgan fingerprint density at radius 1 is 1.10 bits per heavy atom. The average Bonchev–Trinajstić information content (AvgIpc) is 2.89. The molecule has 2 aromatic carbocycles. The molecule has 1 aliphatic rings. The number of halogens is 1. The first-order valence-electron chi connectivity index (χ1n) is 6.57. The third-order valence-electron chi connectivity index (χ3n) is 3.49. The van der Waals surface area contributed by atoms with Crippen molar-refractivity contribution in [3.63, 3.8) is 0 Å². The molecule has 0 saturated heterocycles. The SMILES string of the molecule is Cc1ccc(NS(=O)(=O)c2ccc3c(c2)CNC3)c(Br)c1. The molecule has 4 nitrogen and oxygen atoms in total. The quantitative estimate of drug-likeness (QED) is 0.876. The third kappa shape index (κ3) is 2.97. The smallest absolute Gasteiger partial charge is 0.261 e. The van der Waals surface area contributed by atoms with Crippen molar-refractivity contribution >= 4 is 31.6 Å². The summed E-state index contributed by atoms with van der Waals surface area (Å²) >= 11 is 3.39. The largest absolute Gasteiger partial charge is 0.309 e. The van der Waals surface area contributed by atoms with Gasteiger partial charge in [0.05, 0.1) is 10.6 Å². The zero-order valence-electron chi connectivity index (χ0n) is 11.5. The fraction of sp³-hybridized carbons (Fsp3) is 0.200. The fourth-order valence-corrected chi connectivity index (χ4v) is 4.20. The third-order valence-corrected chi connectivity index (χ3v) is 5.51. The van der Waals surface area contributed by atoms with Gasteiger partial charge in [0.25, 0.3) is 10.0 Å². The minimum absolute atomic E-state index is 0.289. The summed E-state index contributed by atoms with van der Waals surface area (Å²) in [6.45, 7) is 3.47. The molecule has 0 aliphatic carbocycles. The lowest BCUT2D eigenvalue weighted by molar-refractivity contribution is 0.601. The number of nitrogens with one attached hydrogen (secondary N) is 2.